The van der Waals surface area contributed by atoms with Crippen LogP contribution in [-0.4, -0.2) is 25.7 Å². The predicted molar refractivity (Wildman–Crippen MR) is 92.8 cm³/mol. The van der Waals surface area contributed by atoms with Crippen LogP contribution in [0.5, 0.6) is 5.75 Å². The fraction of sp³-hybridized carbons (Fsp3) is 0.235. The smallest absolute Gasteiger partial charge is 0.255 e. The first kappa shape index (κ1) is 17.6. The van der Waals surface area contributed by atoms with Crippen molar-refractivity contribution < 1.29 is 14.3 Å². The highest BCUT2D eigenvalue weighted by atomic mass is 35.5. The molecule has 4 nitrogen and oxygen atoms in total. The first-order chi connectivity index (χ1) is 11.1. The van der Waals surface area contributed by atoms with E-state index >= 15 is 0 Å². The summed E-state index contributed by atoms with van der Waals surface area (Å²) in [4.78, 5) is 12.2. The van der Waals surface area contributed by atoms with Crippen molar-refractivity contribution in [2.75, 3.05) is 25.1 Å². The number of carbonyl (C=O) groups is 1. The Balaban J connectivity index is 1.94. The van der Waals surface area contributed by atoms with E-state index in [0.717, 1.165) is 0 Å². The maximum absolute atomic E-state index is 12.2. The number of ether oxygens (including phenoxy) is 2. The van der Waals surface area contributed by atoms with Crippen LogP contribution in [0.1, 0.15) is 17.3 Å². The molecule has 6 heteroatoms. The number of rotatable bonds is 7. The standard InChI is InChI=1S/C17H17Cl2NO3/c1-2-22-9-10-23-14-6-3-12(4-7-14)17(21)20-16-8-5-13(18)11-15(16)19/h3-8,11H,2,9-10H2,1H3,(H,20,21). The van der Waals surface area contributed by atoms with Crippen LogP contribution >= 0.6 is 23.2 Å². The quantitative estimate of drug-likeness (QED) is 0.736. The van der Waals surface area contributed by atoms with E-state index in [1.807, 2.05) is 6.92 Å². The molecule has 0 heterocycles. The second-order valence-corrected chi connectivity index (χ2v) is 5.49. The maximum Gasteiger partial charge on any atom is 0.255 e. The summed E-state index contributed by atoms with van der Waals surface area (Å²) in [6.45, 7) is 3.60. The Labute approximate surface area is 145 Å². The van der Waals surface area contributed by atoms with E-state index in [1.165, 1.54) is 0 Å². The minimum absolute atomic E-state index is 0.255. The van der Waals surface area contributed by atoms with Gasteiger partial charge in [-0.15, -0.1) is 0 Å². The molecule has 0 aliphatic heterocycles. The molecule has 0 aromatic heterocycles. The third-order valence-corrected chi connectivity index (χ3v) is 3.54. The van der Waals surface area contributed by atoms with E-state index in [-0.39, 0.29) is 5.91 Å². The molecule has 122 valence electrons. The molecule has 2 aromatic rings. The van der Waals surface area contributed by atoms with Gasteiger partial charge in [-0.05, 0) is 49.4 Å². The first-order valence-electron chi connectivity index (χ1n) is 7.17. The molecule has 0 saturated carbocycles. The second-order valence-electron chi connectivity index (χ2n) is 4.65. The SMILES string of the molecule is CCOCCOc1ccc(C(=O)Nc2ccc(Cl)cc2Cl)cc1. The Bertz CT molecular complexity index is 659. The number of hydrogen-bond donors (Lipinski definition) is 1. The molecular formula is C17H17Cl2NO3. The van der Waals surface area contributed by atoms with Crippen LogP contribution < -0.4 is 10.1 Å². The fourth-order valence-electron chi connectivity index (χ4n) is 1.85. The summed E-state index contributed by atoms with van der Waals surface area (Å²) in [5.74, 6) is 0.431. The zero-order valence-electron chi connectivity index (χ0n) is 12.6. The van der Waals surface area contributed by atoms with E-state index in [2.05, 4.69) is 5.32 Å². The second kappa shape index (κ2) is 8.77. The first-order valence-corrected chi connectivity index (χ1v) is 7.92. The molecular weight excluding hydrogens is 337 g/mol. The molecule has 0 aliphatic carbocycles. The average molecular weight is 354 g/mol. The molecule has 1 amide bonds. The molecule has 0 atom stereocenters. The van der Waals surface area contributed by atoms with Gasteiger partial charge in [-0.1, -0.05) is 23.2 Å². The Morgan fingerprint density at radius 1 is 1.09 bits per heavy atom. The lowest BCUT2D eigenvalue weighted by molar-refractivity contribution is 0.102. The summed E-state index contributed by atoms with van der Waals surface area (Å²) in [6, 6.07) is 11.8. The normalized spacial score (nSPS) is 10.4. The molecule has 0 saturated heterocycles. The number of carbonyl (C=O) groups excluding carboxylic acids is 1. The summed E-state index contributed by atoms with van der Waals surface area (Å²) in [5.41, 5.74) is 1.02. The maximum atomic E-state index is 12.2. The van der Waals surface area contributed by atoms with E-state index in [0.29, 0.717) is 46.9 Å². The van der Waals surface area contributed by atoms with Crippen molar-refractivity contribution in [3.63, 3.8) is 0 Å². The van der Waals surface area contributed by atoms with E-state index in [9.17, 15) is 4.79 Å². The van der Waals surface area contributed by atoms with Crippen LogP contribution in [-0.2, 0) is 4.74 Å². The van der Waals surface area contributed by atoms with Crippen LogP contribution in [0.3, 0.4) is 0 Å². The van der Waals surface area contributed by atoms with Gasteiger partial charge in [-0.25, -0.2) is 0 Å². The highest BCUT2D eigenvalue weighted by Crippen LogP contribution is 2.26. The molecule has 0 radical (unpaired) electrons. The van der Waals surface area contributed by atoms with Crippen LogP contribution in [0.2, 0.25) is 10.0 Å². The number of hydrogen-bond acceptors (Lipinski definition) is 3. The predicted octanol–water partition coefficient (Wildman–Crippen LogP) is 4.66. The molecule has 0 aliphatic rings. The van der Waals surface area contributed by atoms with Gasteiger partial charge in [0.1, 0.15) is 12.4 Å². The highest BCUT2D eigenvalue weighted by molar-refractivity contribution is 6.36. The zero-order valence-corrected chi connectivity index (χ0v) is 14.2. The van der Waals surface area contributed by atoms with E-state index in [4.69, 9.17) is 32.7 Å². The minimum atomic E-state index is -0.255. The van der Waals surface area contributed by atoms with Crippen molar-refractivity contribution in [2.45, 2.75) is 6.92 Å². The summed E-state index contributed by atoms with van der Waals surface area (Å²) in [7, 11) is 0. The lowest BCUT2D eigenvalue weighted by atomic mass is 10.2. The van der Waals surface area contributed by atoms with Gasteiger partial charge in [0.25, 0.3) is 5.91 Å². The van der Waals surface area contributed by atoms with Crippen molar-refractivity contribution in [3.8, 4) is 5.75 Å². The molecule has 0 spiro atoms. The number of halogens is 2. The van der Waals surface area contributed by atoms with E-state index < -0.39 is 0 Å². The summed E-state index contributed by atoms with van der Waals surface area (Å²) in [5, 5.41) is 3.65. The number of anilines is 1. The summed E-state index contributed by atoms with van der Waals surface area (Å²) >= 11 is 11.9. The number of nitrogens with one attached hydrogen (secondary N) is 1. The van der Waals surface area contributed by atoms with Crippen LogP contribution in [0.25, 0.3) is 0 Å². The summed E-state index contributed by atoms with van der Waals surface area (Å²) in [6.07, 6.45) is 0. The van der Waals surface area contributed by atoms with E-state index in [1.54, 1.807) is 42.5 Å². The van der Waals surface area contributed by atoms with Gasteiger partial charge in [0, 0.05) is 17.2 Å². The number of amides is 1. The van der Waals surface area contributed by atoms with Gasteiger partial charge in [0.2, 0.25) is 0 Å². The van der Waals surface area contributed by atoms with Crippen LogP contribution in [0.4, 0.5) is 5.69 Å². The van der Waals surface area contributed by atoms with Crippen LogP contribution in [0, 0.1) is 0 Å². The van der Waals surface area contributed by atoms with Crippen molar-refractivity contribution >= 4 is 34.8 Å². The lowest BCUT2D eigenvalue weighted by Crippen LogP contribution is -2.12. The Kier molecular flexibility index (Phi) is 6.71. The molecule has 0 unspecified atom stereocenters. The van der Waals surface area contributed by atoms with Crippen molar-refractivity contribution in [1.29, 1.82) is 0 Å². The monoisotopic (exact) mass is 353 g/mol. The average Bonchev–Trinajstić information content (AvgIpc) is 2.55. The molecule has 0 bridgehead atoms. The fourth-order valence-corrected chi connectivity index (χ4v) is 2.31. The summed E-state index contributed by atoms with van der Waals surface area (Å²) < 4.78 is 10.7. The van der Waals surface area contributed by atoms with Crippen molar-refractivity contribution in [2.24, 2.45) is 0 Å². The van der Waals surface area contributed by atoms with Gasteiger partial charge >= 0.3 is 0 Å². The highest BCUT2D eigenvalue weighted by Gasteiger charge is 2.09. The molecule has 0 fully saturated rings. The van der Waals surface area contributed by atoms with Gasteiger partial charge in [0.05, 0.1) is 17.3 Å². The Morgan fingerprint density at radius 3 is 2.48 bits per heavy atom. The Morgan fingerprint density at radius 2 is 1.83 bits per heavy atom. The van der Waals surface area contributed by atoms with Gasteiger partial charge in [0.15, 0.2) is 0 Å². The topological polar surface area (TPSA) is 47.6 Å². The van der Waals surface area contributed by atoms with Crippen LogP contribution in [0.15, 0.2) is 42.5 Å². The van der Waals surface area contributed by atoms with Gasteiger partial charge in [-0.2, -0.15) is 0 Å². The zero-order chi connectivity index (χ0) is 16.7. The molecule has 1 N–H and O–H groups in total. The minimum Gasteiger partial charge on any atom is -0.491 e. The Hall–Kier alpha value is -1.75. The third-order valence-electron chi connectivity index (χ3n) is 3.00. The molecule has 2 aromatic carbocycles. The number of benzene rings is 2. The van der Waals surface area contributed by atoms with Gasteiger partial charge < -0.3 is 14.8 Å². The lowest BCUT2D eigenvalue weighted by Gasteiger charge is -2.09. The van der Waals surface area contributed by atoms with Crippen molar-refractivity contribution in [1.82, 2.24) is 0 Å². The molecule has 2 rings (SSSR count). The largest absolute Gasteiger partial charge is 0.491 e. The van der Waals surface area contributed by atoms with Crippen molar-refractivity contribution in [3.05, 3.63) is 58.1 Å². The molecule has 23 heavy (non-hydrogen) atoms. The third kappa shape index (κ3) is 5.43. The van der Waals surface area contributed by atoms with Gasteiger partial charge in [-0.3, -0.25) is 4.79 Å².